The van der Waals surface area contributed by atoms with E-state index in [1.165, 1.54) is 0 Å². The van der Waals surface area contributed by atoms with Crippen molar-refractivity contribution in [1.82, 2.24) is 14.7 Å². The smallest absolute Gasteiger partial charge is 0.161 e. The average molecular weight is 460 g/mol. The van der Waals surface area contributed by atoms with Gasteiger partial charge in [0.1, 0.15) is 11.8 Å². The molecule has 0 unspecified atom stereocenters. The Balaban J connectivity index is 1.76. The van der Waals surface area contributed by atoms with Gasteiger partial charge in [0.2, 0.25) is 0 Å². The van der Waals surface area contributed by atoms with E-state index in [9.17, 15) is 10.2 Å². The topological polar surface area (TPSA) is 80.0 Å². The molecule has 0 fully saturated rings. The van der Waals surface area contributed by atoms with Gasteiger partial charge in [-0.25, -0.2) is 4.68 Å². The van der Waals surface area contributed by atoms with Crippen LogP contribution in [0.3, 0.4) is 0 Å². The van der Waals surface area contributed by atoms with Crippen LogP contribution in [0.4, 0.5) is 0 Å². The maximum absolute atomic E-state index is 9.61. The van der Waals surface area contributed by atoms with Gasteiger partial charge in [0.15, 0.2) is 11.5 Å². The van der Waals surface area contributed by atoms with Gasteiger partial charge >= 0.3 is 0 Å². The number of hydrogen-bond donors (Lipinski definition) is 2. The zero-order valence-corrected chi connectivity index (χ0v) is 19.6. The highest BCUT2D eigenvalue weighted by Gasteiger charge is 2.28. The number of aliphatic hydroxyl groups excluding tert-OH is 2. The summed E-state index contributed by atoms with van der Waals surface area (Å²) < 4.78 is 13.3. The minimum absolute atomic E-state index is 0.144. The van der Waals surface area contributed by atoms with E-state index in [1.807, 2.05) is 74.3 Å². The van der Waals surface area contributed by atoms with E-state index in [2.05, 4.69) is 5.10 Å². The minimum atomic E-state index is -0.713. The van der Waals surface area contributed by atoms with Crippen LogP contribution in [-0.4, -0.2) is 57.8 Å². The van der Waals surface area contributed by atoms with Gasteiger partial charge in [0.05, 0.1) is 37.2 Å². The average Bonchev–Trinajstić information content (AvgIpc) is 3.11. The lowest BCUT2D eigenvalue weighted by Crippen LogP contribution is -2.49. The fourth-order valence-electron chi connectivity index (χ4n) is 3.27. The van der Waals surface area contributed by atoms with Crippen LogP contribution in [0.1, 0.15) is 23.7 Å². The zero-order valence-electron chi connectivity index (χ0n) is 18.9. The van der Waals surface area contributed by atoms with Crippen LogP contribution in [-0.2, 0) is 13.2 Å². The molecule has 1 heterocycles. The van der Waals surface area contributed by atoms with Crippen molar-refractivity contribution in [2.75, 3.05) is 27.4 Å². The number of para-hydroxylation sites is 1. The van der Waals surface area contributed by atoms with E-state index in [-0.39, 0.29) is 19.8 Å². The number of aliphatic hydroxyl groups is 2. The summed E-state index contributed by atoms with van der Waals surface area (Å²) in [6, 6.07) is 15.4. The van der Waals surface area contributed by atoms with Gasteiger partial charge in [-0.2, -0.15) is 5.10 Å². The highest BCUT2D eigenvalue weighted by atomic mass is 35.5. The summed E-state index contributed by atoms with van der Waals surface area (Å²) in [4.78, 5) is 1.91. The summed E-state index contributed by atoms with van der Waals surface area (Å²) in [5.74, 6) is 1.18. The summed E-state index contributed by atoms with van der Waals surface area (Å²) in [6.45, 7) is 4.20. The van der Waals surface area contributed by atoms with Crippen molar-refractivity contribution in [2.45, 2.75) is 32.5 Å². The number of likely N-dealkylation sites (N-methyl/N-ethyl adjacent to an activating group) is 1. The Morgan fingerprint density at radius 3 is 2.41 bits per heavy atom. The second kappa shape index (κ2) is 10.4. The van der Waals surface area contributed by atoms with Crippen molar-refractivity contribution < 1.29 is 19.7 Å². The van der Waals surface area contributed by atoms with Gasteiger partial charge in [0.25, 0.3) is 0 Å². The number of aryl methyl sites for hydroxylation is 1. The first-order chi connectivity index (χ1) is 15.3. The Morgan fingerprint density at radius 2 is 1.78 bits per heavy atom. The van der Waals surface area contributed by atoms with Crippen molar-refractivity contribution in [1.29, 1.82) is 0 Å². The molecular weight excluding hydrogens is 430 g/mol. The van der Waals surface area contributed by atoms with Gasteiger partial charge < -0.3 is 19.7 Å². The van der Waals surface area contributed by atoms with Crippen molar-refractivity contribution in [3.8, 4) is 17.2 Å². The minimum Gasteiger partial charge on any atom is -0.493 e. The number of aromatic nitrogens is 2. The van der Waals surface area contributed by atoms with E-state index in [1.54, 1.807) is 11.8 Å². The van der Waals surface area contributed by atoms with Crippen LogP contribution < -0.4 is 9.47 Å². The first kappa shape index (κ1) is 24.1. The molecule has 0 saturated heterocycles. The van der Waals surface area contributed by atoms with Crippen LogP contribution in [0.15, 0.2) is 48.5 Å². The Kier molecular flexibility index (Phi) is 7.79. The molecule has 2 N–H and O–H groups in total. The van der Waals surface area contributed by atoms with Crippen LogP contribution in [0, 0.1) is 6.92 Å². The zero-order chi connectivity index (χ0) is 23.3. The molecule has 0 saturated carbocycles. The monoisotopic (exact) mass is 459 g/mol. The van der Waals surface area contributed by atoms with Crippen molar-refractivity contribution in [2.24, 2.45) is 0 Å². The fraction of sp³-hybridized carbons (Fsp3) is 0.375. The first-order valence-electron chi connectivity index (χ1n) is 10.3. The molecule has 3 rings (SSSR count). The van der Waals surface area contributed by atoms with Crippen LogP contribution in [0.25, 0.3) is 5.69 Å². The molecule has 0 spiro atoms. The lowest BCUT2D eigenvalue weighted by Gasteiger charge is -2.35. The van der Waals surface area contributed by atoms with E-state index in [0.717, 1.165) is 22.5 Å². The lowest BCUT2D eigenvalue weighted by atomic mass is 10.0. The maximum Gasteiger partial charge on any atom is 0.161 e. The fourth-order valence-corrected chi connectivity index (χ4v) is 3.60. The maximum atomic E-state index is 9.61. The number of hydrogen-bond acceptors (Lipinski definition) is 6. The molecule has 0 aliphatic heterocycles. The summed E-state index contributed by atoms with van der Waals surface area (Å²) in [7, 11) is 3.45. The second-order valence-corrected chi connectivity index (χ2v) is 8.40. The SMILES string of the molecule is COc1cc(CN(C)C(C)(CO)CO)ccc1OCc1c(C)nn(-c2ccccc2)c1Cl. The number of rotatable bonds is 10. The lowest BCUT2D eigenvalue weighted by molar-refractivity contribution is 0.0108. The Labute approximate surface area is 193 Å². The van der Waals surface area contributed by atoms with E-state index < -0.39 is 5.54 Å². The second-order valence-electron chi connectivity index (χ2n) is 8.05. The van der Waals surface area contributed by atoms with Crippen LogP contribution in [0.5, 0.6) is 11.5 Å². The van der Waals surface area contributed by atoms with E-state index >= 15 is 0 Å². The highest BCUT2D eigenvalue weighted by molar-refractivity contribution is 6.30. The molecule has 3 aromatic rings. The molecule has 1 aromatic heterocycles. The standard InChI is InChI=1S/C24H30ClN3O4/c1-17-20(23(25)28(26-17)19-8-6-5-7-9-19)14-32-21-11-10-18(12-22(21)31-4)13-27(3)24(2,15-29)16-30/h5-12,29-30H,13-16H2,1-4H3. The van der Waals surface area contributed by atoms with Gasteiger partial charge in [-0.1, -0.05) is 35.9 Å². The molecule has 32 heavy (non-hydrogen) atoms. The third kappa shape index (κ3) is 5.07. The quantitative estimate of drug-likeness (QED) is 0.482. The summed E-state index contributed by atoms with van der Waals surface area (Å²) >= 11 is 6.60. The molecule has 7 nitrogen and oxygen atoms in total. The molecule has 0 atom stereocenters. The molecule has 0 bridgehead atoms. The molecule has 0 aliphatic carbocycles. The summed E-state index contributed by atoms with van der Waals surface area (Å²) in [5.41, 5.74) is 2.74. The van der Waals surface area contributed by atoms with Crippen molar-refractivity contribution >= 4 is 11.6 Å². The van der Waals surface area contributed by atoms with Crippen LogP contribution in [0.2, 0.25) is 5.15 Å². The van der Waals surface area contributed by atoms with Crippen molar-refractivity contribution in [3.05, 3.63) is 70.5 Å². The molecule has 0 radical (unpaired) electrons. The van der Waals surface area contributed by atoms with E-state index in [0.29, 0.717) is 23.2 Å². The van der Waals surface area contributed by atoms with Gasteiger partial charge in [-0.3, -0.25) is 4.90 Å². The summed E-state index contributed by atoms with van der Waals surface area (Å²) in [6.07, 6.45) is 0. The number of halogens is 1. The number of ether oxygens (including phenoxy) is 2. The van der Waals surface area contributed by atoms with Crippen molar-refractivity contribution in [3.63, 3.8) is 0 Å². The molecule has 0 amide bonds. The predicted octanol–water partition coefficient (Wildman–Crippen LogP) is 3.60. The largest absolute Gasteiger partial charge is 0.493 e. The Bertz CT molecular complexity index is 1040. The normalized spacial score (nSPS) is 11.8. The predicted molar refractivity (Wildman–Crippen MR) is 125 cm³/mol. The van der Waals surface area contributed by atoms with Crippen LogP contribution >= 0.6 is 11.6 Å². The molecule has 172 valence electrons. The van der Waals surface area contributed by atoms with E-state index in [4.69, 9.17) is 21.1 Å². The molecule has 8 heteroatoms. The molecule has 2 aromatic carbocycles. The number of methoxy groups -OCH3 is 1. The number of benzene rings is 2. The van der Waals surface area contributed by atoms with Gasteiger partial charge in [0, 0.05) is 12.1 Å². The number of nitrogens with zero attached hydrogens (tertiary/aromatic N) is 3. The summed E-state index contributed by atoms with van der Waals surface area (Å²) in [5, 5.41) is 24.3. The molecular formula is C24H30ClN3O4. The molecule has 0 aliphatic rings. The Morgan fingerprint density at radius 1 is 1.09 bits per heavy atom. The Hall–Kier alpha value is -2.58. The first-order valence-corrected chi connectivity index (χ1v) is 10.7. The highest BCUT2D eigenvalue weighted by Crippen LogP contribution is 2.31. The third-order valence-electron chi connectivity index (χ3n) is 5.75. The van der Waals surface area contributed by atoms with Gasteiger partial charge in [-0.05, 0) is 50.7 Å². The third-order valence-corrected chi connectivity index (χ3v) is 6.13. The van der Waals surface area contributed by atoms with Gasteiger partial charge in [-0.15, -0.1) is 0 Å².